The molecule has 0 aromatic rings. The van der Waals surface area contributed by atoms with Crippen LogP contribution in [-0.4, -0.2) is 16.8 Å². The number of carbonyl (C=O) groups excluding carboxylic acids is 1. The predicted octanol–water partition coefficient (Wildman–Crippen LogP) is 3.25. The minimum atomic E-state index is -0.0334. The van der Waals surface area contributed by atoms with Gasteiger partial charge in [0, 0.05) is 17.3 Å². The van der Waals surface area contributed by atoms with Crippen LogP contribution in [0.15, 0.2) is 0 Å². The van der Waals surface area contributed by atoms with Crippen molar-refractivity contribution in [2.45, 2.75) is 58.4 Å². The van der Waals surface area contributed by atoms with Gasteiger partial charge in [0.25, 0.3) is 0 Å². The van der Waals surface area contributed by atoms with Crippen molar-refractivity contribution in [3.63, 3.8) is 0 Å². The maximum Gasteiger partial charge on any atom is 0.220 e. The van der Waals surface area contributed by atoms with Crippen molar-refractivity contribution >= 4 is 21.8 Å². The number of rotatable bonds is 7. The lowest BCUT2D eigenvalue weighted by molar-refractivity contribution is -0.123. The van der Waals surface area contributed by atoms with Gasteiger partial charge in [-0.2, -0.15) is 0 Å². The highest BCUT2D eigenvalue weighted by molar-refractivity contribution is 9.09. The van der Waals surface area contributed by atoms with Crippen LogP contribution in [0.25, 0.3) is 0 Å². The van der Waals surface area contributed by atoms with E-state index in [1.54, 1.807) is 0 Å². The molecule has 0 saturated heterocycles. The third-order valence-electron chi connectivity index (χ3n) is 2.63. The summed E-state index contributed by atoms with van der Waals surface area (Å²) in [4.78, 5) is 11.5. The van der Waals surface area contributed by atoms with Crippen molar-refractivity contribution in [3.05, 3.63) is 0 Å². The van der Waals surface area contributed by atoms with Crippen molar-refractivity contribution in [1.29, 1.82) is 0 Å². The largest absolute Gasteiger partial charge is 0.351 e. The second-order valence-corrected chi connectivity index (χ2v) is 4.80. The summed E-state index contributed by atoms with van der Waals surface area (Å²) in [5.74, 6) is 0.192. The van der Waals surface area contributed by atoms with Gasteiger partial charge in [0.05, 0.1) is 0 Å². The van der Waals surface area contributed by atoms with E-state index in [9.17, 15) is 4.79 Å². The highest BCUT2D eigenvalue weighted by Gasteiger charge is 2.22. The van der Waals surface area contributed by atoms with Gasteiger partial charge in [-0.05, 0) is 26.2 Å². The summed E-state index contributed by atoms with van der Waals surface area (Å²) in [5, 5.41) is 4.05. The van der Waals surface area contributed by atoms with Crippen LogP contribution < -0.4 is 5.32 Å². The van der Waals surface area contributed by atoms with Crippen molar-refractivity contribution in [2.24, 2.45) is 0 Å². The van der Waals surface area contributed by atoms with Crippen LogP contribution in [0.5, 0.6) is 0 Å². The average Bonchev–Trinajstić information content (AvgIpc) is 2.15. The molecule has 14 heavy (non-hydrogen) atoms. The molecule has 0 aliphatic heterocycles. The van der Waals surface area contributed by atoms with Crippen molar-refractivity contribution in [1.82, 2.24) is 5.32 Å². The fourth-order valence-electron chi connectivity index (χ4n) is 1.27. The summed E-state index contributed by atoms with van der Waals surface area (Å²) >= 11 is 3.42. The normalized spacial score (nSPS) is 14.9. The van der Waals surface area contributed by atoms with Crippen LogP contribution in [0.3, 0.4) is 0 Å². The Morgan fingerprint density at radius 3 is 2.50 bits per heavy atom. The Balaban J connectivity index is 3.96. The summed E-state index contributed by atoms with van der Waals surface area (Å²) < 4.78 is 0. The van der Waals surface area contributed by atoms with Gasteiger partial charge < -0.3 is 5.32 Å². The molecule has 1 N–H and O–H groups in total. The smallest absolute Gasteiger partial charge is 0.220 e. The third kappa shape index (κ3) is 5.63. The molecule has 0 aromatic heterocycles. The van der Waals surface area contributed by atoms with E-state index < -0.39 is 0 Å². The van der Waals surface area contributed by atoms with Crippen LogP contribution in [0.4, 0.5) is 0 Å². The maximum absolute atomic E-state index is 11.5. The Kier molecular flexibility index (Phi) is 7.24. The molecule has 0 aliphatic rings. The first kappa shape index (κ1) is 13.9. The Hall–Kier alpha value is -0.0500. The van der Waals surface area contributed by atoms with E-state index >= 15 is 0 Å². The molecule has 0 heterocycles. The molecule has 0 spiro atoms. The van der Waals surface area contributed by atoms with Gasteiger partial charge >= 0.3 is 0 Å². The van der Waals surface area contributed by atoms with Gasteiger partial charge in [0.1, 0.15) is 0 Å². The van der Waals surface area contributed by atoms with Crippen molar-refractivity contribution < 1.29 is 4.79 Å². The monoisotopic (exact) mass is 263 g/mol. The van der Waals surface area contributed by atoms with Crippen LogP contribution in [0.2, 0.25) is 0 Å². The first-order chi connectivity index (χ1) is 6.58. The second kappa shape index (κ2) is 7.27. The van der Waals surface area contributed by atoms with Gasteiger partial charge in [-0.1, -0.05) is 36.2 Å². The van der Waals surface area contributed by atoms with Crippen molar-refractivity contribution in [2.75, 3.05) is 5.33 Å². The molecule has 1 atom stereocenters. The molecule has 1 unspecified atom stereocenters. The molecule has 0 aliphatic carbocycles. The number of alkyl halides is 1. The first-order valence-electron chi connectivity index (χ1n) is 5.45. The summed E-state index contributed by atoms with van der Waals surface area (Å²) in [7, 11) is 0. The quantitative estimate of drug-likeness (QED) is 0.703. The molecular weight excluding hydrogens is 242 g/mol. The number of hydrogen-bond donors (Lipinski definition) is 1. The van der Waals surface area contributed by atoms with E-state index in [0.717, 1.165) is 31.0 Å². The van der Waals surface area contributed by atoms with Crippen LogP contribution in [0, 0.1) is 0 Å². The van der Waals surface area contributed by atoms with Crippen molar-refractivity contribution in [3.8, 4) is 0 Å². The van der Waals surface area contributed by atoms with Gasteiger partial charge in [0.2, 0.25) is 5.91 Å². The zero-order valence-electron chi connectivity index (χ0n) is 9.53. The van der Waals surface area contributed by atoms with Crippen LogP contribution in [0.1, 0.15) is 52.9 Å². The SMILES string of the molecule is CCCCC(=O)NC(C)(CC)CCBr. The summed E-state index contributed by atoms with van der Waals surface area (Å²) in [5.41, 5.74) is -0.0334. The molecular formula is C11H22BrNO. The molecule has 0 bridgehead atoms. The molecule has 0 radical (unpaired) electrons. The summed E-state index contributed by atoms with van der Waals surface area (Å²) in [6.07, 6.45) is 4.70. The van der Waals surface area contributed by atoms with Gasteiger partial charge in [-0.15, -0.1) is 0 Å². The highest BCUT2D eigenvalue weighted by atomic mass is 79.9. The lowest BCUT2D eigenvalue weighted by Crippen LogP contribution is -2.45. The third-order valence-corrected chi connectivity index (χ3v) is 3.02. The summed E-state index contributed by atoms with van der Waals surface area (Å²) in [6, 6.07) is 0. The molecule has 0 aromatic carbocycles. The lowest BCUT2D eigenvalue weighted by atomic mass is 9.95. The molecule has 2 nitrogen and oxygen atoms in total. The fraction of sp³-hybridized carbons (Fsp3) is 0.909. The molecule has 3 heteroatoms. The summed E-state index contributed by atoms with van der Waals surface area (Å²) in [6.45, 7) is 6.33. The number of carbonyl (C=O) groups is 1. The Morgan fingerprint density at radius 1 is 1.43 bits per heavy atom. The topological polar surface area (TPSA) is 29.1 Å². The van der Waals surface area contributed by atoms with E-state index in [0.29, 0.717) is 6.42 Å². The highest BCUT2D eigenvalue weighted by Crippen LogP contribution is 2.16. The molecule has 0 rings (SSSR count). The standard InChI is InChI=1S/C11H22BrNO/c1-4-6-7-10(14)13-11(3,5-2)8-9-12/h4-9H2,1-3H3,(H,13,14). The fourth-order valence-corrected chi connectivity index (χ4v) is 2.15. The first-order valence-corrected chi connectivity index (χ1v) is 6.57. The van der Waals surface area contributed by atoms with Gasteiger partial charge in [-0.25, -0.2) is 0 Å². The van der Waals surface area contributed by atoms with E-state index in [-0.39, 0.29) is 11.4 Å². The zero-order valence-corrected chi connectivity index (χ0v) is 11.1. The number of halogens is 1. The second-order valence-electron chi connectivity index (χ2n) is 4.00. The maximum atomic E-state index is 11.5. The lowest BCUT2D eigenvalue weighted by Gasteiger charge is -2.29. The minimum absolute atomic E-state index is 0.0334. The predicted molar refractivity (Wildman–Crippen MR) is 64.8 cm³/mol. The molecule has 84 valence electrons. The van der Waals surface area contributed by atoms with Gasteiger partial charge in [-0.3, -0.25) is 4.79 Å². The molecule has 1 amide bonds. The van der Waals surface area contributed by atoms with E-state index in [1.165, 1.54) is 0 Å². The number of hydrogen-bond acceptors (Lipinski definition) is 1. The Labute approximate surface area is 96.0 Å². The van der Waals surface area contributed by atoms with E-state index in [2.05, 4.69) is 42.0 Å². The van der Waals surface area contributed by atoms with Crippen LogP contribution >= 0.6 is 15.9 Å². The Bertz CT molecular complexity index is 173. The van der Waals surface area contributed by atoms with Crippen LogP contribution in [-0.2, 0) is 4.79 Å². The average molecular weight is 264 g/mol. The molecule has 0 saturated carbocycles. The minimum Gasteiger partial charge on any atom is -0.351 e. The van der Waals surface area contributed by atoms with Gasteiger partial charge in [0.15, 0.2) is 0 Å². The number of unbranched alkanes of at least 4 members (excludes halogenated alkanes) is 1. The zero-order chi connectivity index (χ0) is 11.0. The number of amides is 1. The van der Waals surface area contributed by atoms with E-state index in [4.69, 9.17) is 0 Å². The Morgan fingerprint density at radius 2 is 2.07 bits per heavy atom. The number of nitrogens with one attached hydrogen (secondary N) is 1. The van der Waals surface area contributed by atoms with E-state index in [1.807, 2.05) is 0 Å². The molecule has 0 fully saturated rings.